The van der Waals surface area contributed by atoms with Gasteiger partial charge in [-0.25, -0.2) is 0 Å². The number of ether oxygens (including phenoxy) is 4. The van der Waals surface area contributed by atoms with Gasteiger partial charge in [0.15, 0.2) is 0 Å². The molecule has 12 heteroatoms. The molecule has 0 fully saturated rings. The normalized spacial score (nSPS) is 11.2. The standard InChI is InChI=1S/C17H29NO11/c1-26-6-2-13(19)18-17(10-27-7-3-14(20)21,11-28-8-4-15(22)23)12-29-9-5-16(24)25/h2-12H2,1H3,(H,18,19)(H,20,21)(H,22,23)(H,24,25). The minimum atomic E-state index is -1.26. The Labute approximate surface area is 168 Å². The van der Waals surface area contributed by atoms with E-state index in [-0.39, 0.29) is 71.9 Å². The summed E-state index contributed by atoms with van der Waals surface area (Å²) in [5, 5.41) is 28.8. The lowest BCUT2D eigenvalue weighted by Gasteiger charge is -2.34. The second-order valence-electron chi connectivity index (χ2n) is 6.16. The SMILES string of the molecule is COCCC(=O)NC(COCCC(=O)O)(COCCC(=O)O)COCCC(=O)O. The molecule has 0 bridgehead atoms. The summed E-state index contributed by atoms with van der Waals surface area (Å²) < 4.78 is 20.9. The van der Waals surface area contributed by atoms with Crippen LogP contribution in [-0.4, -0.2) is 98.0 Å². The van der Waals surface area contributed by atoms with Gasteiger partial charge in [0, 0.05) is 13.5 Å². The summed E-state index contributed by atoms with van der Waals surface area (Å²) >= 11 is 0. The zero-order chi connectivity index (χ0) is 22.1. The van der Waals surface area contributed by atoms with Gasteiger partial charge in [-0.05, 0) is 0 Å². The van der Waals surface area contributed by atoms with E-state index in [0.717, 1.165) is 0 Å². The Hall–Kier alpha value is -2.28. The maximum atomic E-state index is 12.2. The van der Waals surface area contributed by atoms with Crippen LogP contribution in [0.2, 0.25) is 0 Å². The Kier molecular flexibility index (Phi) is 14.4. The third-order valence-electron chi connectivity index (χ3n) is 3.45. The molecule has 0 aliphatic carbocycles. The fourth-order valence-corrected chi connectivity index (χ4v) is 2.07. The lowest BCUT2D eigenvalue weighted by Crippen LogP contribution is -2.58. The van der Waals surface area contributed by atoms with Crippen molar-refractivity contribution in [2.75, 3.05) is 53.4 Å². The van der Waals surface area contributed by atoms with Crippen molar-refractivity contribution in [3.63, 3.8) is 0 Å². The molecule has 0 heterocycles. The maximum Gasteiger partial charge on any atom is 0.305 e. The van der Waals surface area contributed by atoms with E-state index in [0.29, 0.717) is 0 Å². The van der Waals surface area contributed by atoms with Crippen molar-refractivity contribution in [1.82, 2.24) is 5.32 Å². The van der Waals surface area contributed by atoms with E-state index < -0.39 is 29.4 Å². The second-order valence-corrected chi connectivity index (χ2v) is 6.16. The smallest absolute Gasteiger partial charge is 0.305 e. The third-order valence-corrected chi connectivity index (χ3v) is 3.45. The van der Waals surface area contributed by atoms with E-state index in [1.807, 2.05) is 0 Å². The number of carboxylic acids is 3. The summed E-state index contributed by atoms with van der Waals surface area (Å²) in [6.45, 7) is -0.779. The first kappa shape index (κ1) is 26.7. The molecule has 168 valence electrons. The fourth-order valence-electron chi connectivity index (χ4n) is 2.07. The molecule has 0 radical (unpaired) electrons. The average molecular weight is 423 g/mol. The van der Waals surface area contributed by atoms with E-state index in [1.54, 1.807) is 0 Å². The monoisotopic (exact) mass is 423 g/mol. The molecule has 0 spiro atoms. The maximum absolute atomic E-state index is 12.2. The quantitative estimate of drug-likeness (QED) is 0.194. The van der Waals surface area contributed by atoms with Gasteiger partial charge in [-0.15, -0.1) is 0 Å². The summed E-state index contributed by atoms with van der Waals surface area (Å²) in [4.78, 5) is 44.1. The predicted octanol–water partition coefficient (Wildman–Crippen LogP) is -0.648. The van der Waals surface area contributed by atoms with Gasteiger partial charge in [0.1, 0.15) is 5.54 Å². The fraction of sp³-hybridized carbons (Fsp3) is 0.765. The van der Waals surface area contributed by atoms with Crippen LogP contribution in [0.4, 0.5) is 0 Å². The molecule has 12 nitrogen and oxygen atoms in total. The number of nitrogens with one attached hydrogen (secondary N) is 1. The Bertz CT molecular complexity index is 468. The van der Waals surface area contributed by atoms with Gasteiger partial charge in [0.25, 0.3) is 0 Å². The first-order valence-electron chi connectivity index (χ1n) is 8.89. The highest BCUT2D eigenvalue weighted by molar-refractivity contribution is 5.77. The zero-order valence-corrected chi connectivity index (χ0v) is 16.4. The van der Waals surface area contributed by atoms with Gasteiger partial charge < -0.3 is 39.6 Å². The van der Waals surface area contributed by atoms with Gasteiger partial charge in [-0.2, -0.15) is 0 Å². The molecular formula is C17H29NO11. The van der Waals surface area contributed by atoms with Gasteiger partial charge >= 0.3 is 17.9 Å². The first-order chi connectivity index (χ1) is 13.7. The summed E-state index contributed by atoms with van der Waals surface area (Å²) in [7, 11) is 1.43. The van der Waals surface area contributed by atoms with Crippen LogP contribution in [0.5, 0.6) is 0 Å². The molecule has 0 aliphatic rings. The molecule has 4 N–H and O–H groups in total. The average Bonchev–Trinajstić information content (AvgIpc) is 2.64. The molecule has 0 aromatic rings. The molecule has 29 heavy (non-hydrogen) atoms. The number of carbonyl (C=O) groups is 4. The van der Waals surface area contributed by atoms with Crippen LogP contribution in [0.3, 0.4) is 0 Å². The number of methoxy groups -OCH3 is 1. The molecule has 0 atom stereocenters. The molecule has 0 saturated heterocycles. The third kappa shape index (κ3) is 15.3. The molecule has 0 aromatic heterocycles. The Morgan fingerprint density at radius 2 is 1.07 bits per heavy atom. The topological polar surface area (TPSA) is 178 Å². The number of amides is 1. The number of aliphatic carboxylic acids is 3. The van der Waals surface area contributed by atoms with E-state index in [9.17, 15) is 19.2 Å². The van der Waals surface area contributed by atoms with E-state index in [2.05, 4.69) is 5.32 Å². The van der Waals surface area contributed by atoms with Crippen molar-refractivity contribution in [3.8, 4) is 0 Å². The van der Waals surface area contributed by atoms with Crippen molar-refractivity contribution in [1.29, 1.82) is 0 Å². The van der Waals surface area contributed by atoms with E-state index >= 15 is 0 Å². The van der Waals surface area contributed by atoms with Crippen molar-refractivity contribution in [3.05, 3.63) is 0 Å². The minimum Gasteiger partial charge on any atom is -0.481 e. The first-order valence-corrected chi connectivity index (χ1v) is 8.89. The van der Waals surface area contributed by atoms with Crippen LogP contribution in [0.15, 0.2) is 0 Å². The van der Waals surface area contributed by atoms with Crippen LogP contribution < -0.4 is 5.32 Å². The molecule has 0 aliphatic heterocycles. The second kappa shape index (κ2) is 15.6. The summed E-state index contributed by atoms with van der Waals surface area (Å²) in [6.07, 6.45) is -0.744. The number of hydrogen-bond acceptors (Lipinski definition) is 8. The zero-order valence-electron chi connectivity index (χ0n) is 16.4. The lowest BCUT2D eigenvalue weighted by atomic mass is 10.0. The van der Waals surface area contributed by atoms with Crippen LogP contribution in [0.1, 0.15) is 25.7 Å². The number of hydrogen-bond donors (Lipinski definition) is 4. The Balaban J connectivity index is 5.09. The molecule has 0 aromatic carbocycles. The Morgan fingerprint density at radius 1 is 0.690 bits per heavy atom. The largest absolute Gasteiger partial charge is 0.481 e. The summed E-state index contributed by atoms with van der Waals surface area (Å²) in [6, 6.07) is 0. The predicted molar refractivity (Wildman–Crippen MR) is 96.6 cm³/mol. The van der Waals surface area contributed by atoms with Crippen LogP contribution in [0.25, 0.3) is 0 Å². The van der Waals surface area contributed by atoms with Crippen LogP contribution in [0, 0.1) is 0 Å². The highest BCUT2D eigenvalue weighted by Gasteiger charge is 2.33. The highest BCUT2D eigenvalue weighted by Crippen LogP contribution is 2.11. The highest BCUT2D eigenvalue weighted by atomic mass is 16.5. The number of rotatable bonds is 19. The van der Waals surface area contributed by atoms with E-state index in [4.69, 9.17) is 34.3 Å². The molecule has 1 amide bonds. The molecule has 0 unspecified atom stereocenters. The Morgan fingerprint density at radius 3 is 1.38 bits per heavy atom. The van der Waals surface area contributed by atoms with Crippen LogP contribution >= 0.6 is 0 Å². The number of carboxylic acid groups (broad SMARTS) is 3. The van der Waals surface area contributed by atoms with Gasteiger partial charge in [-0.1, -0.05) is 0 Å². The van der Waals surface area contributed by atoms with Crippen LogP contribution in [-0.2, 0) is 38.1 Å². The molecule has 0 rings (SSSR count). The van der Waals surface area contributed by atoms with Gasteiger partial charge in [0.2, 0.25) is 5.91 Å². The molecular weight excluding hydrogens is 394 g/mol. The minimum absolute atomic E-state index is 0.0254. The van der Waals surface area contributed by atoms with Gasteiger partial charge in [0.05, 0.1) is 65.5 Å². The lowest BCUT2D eigenvalue weighted by molar-refractivity contribution is -0.140. The van der Waals surface area contributed by atoms with Gasteiger partial charge in [-0.3, -0.25) is 19.2 Å². The van der Waals surface area contributed by atoms with Crippen molar-refractivity contribution < 1.29 is 53.4 Å². The summed E-state index contributed by atoms with van der Waals surface area (Å²) in [5.41, 5.74) is -1.26. The van der Waals surface area contributed by atoms with Crippen molar-refractivity contribution in [2.45, 2.75) is 31.2 Å². The summed E-state index contributed by atoms with van der Waals surface area (Å²) in [5.74, 6) is -3.60. The number of carbonyl (C=O) groups excluding carboxylic acids is 1. The molecule has 0 saturated carbocycles. The van der Waals surface area contributed by atoms with E-state index in [1.165, 1.54) is 7.11 Å². The van der Waals surface area contributed by atoms with Crippen molar-refractivity contribution >= 4 is 23.8 Å². The van der Waals surface area contributed by atoms with Crippen molar-refractivity contribution in [2.24, 2.45) is 0 Å².